The maximum Gasteiger partial charge on any atom is 0.212 e. The lowest BCUT2D eigenvalue weighted by atomic mass is 10.2. The molecule has 1 aromatic carbocycles. The van der Waals surface area contributed by atoms with Crippen LogP contribution >= 0.6 is 24.0 Å². The minimum atomic E-state index is 0. The van der Waals surface area contributed by atoms with Crippen LogP contribution in [0.3, 0.4) is 0 Å². The van der Waals surface area contributed by atoms with Crippen molar-refractivity contribution in [3.63, 3.8) is 0 Å². The van der Waals surface area contributed by atoms with Crippen LogP contribution in [0.4, 0.5) is 0 Å². The first kappa shape index (κ1) is 20.8. The lowest BCUT2D eigenvalue weighted by Crippen LogP contribution is -2.31. The minimum absolute atomic E-state index is 0. The molecule has 1 aromatic heterocycles. The van der Waals surface area contributed by atoms with Gasteiger partial charge in [0.25, 0.3) is 0 Å². The molecule has 0 aliphatic rings. The van der Waals surface area contributed by atoms with Crippen LogP contribution in [0.15, 0.2) is 41.5 Å². The molecular formula is C17H23IN4O3. The highest BCUT2D eigenvalue weighted by molar-refractivity contribution is 14.0. The van der Waals surface area contributed by atoms with E-state index < -0.39 is 0 Å². The maximum absolute atomic E-state index is 5.89. The summed E-state index contributed by atoms with van der Waals surface area (Å²) in [6, 6.07) is 9.38. The van der Waals surface area contributed by atoms with Crippen molar-refractivity contribution >= 4 is 29.9 Å². The van der Waals surface area contributed by atoms with E-state index in [1.165, 1.54) is 0 Å². The van der Waals surface area contributed by atoms with Gasteiger partial charge in [-0.25, -0.2) is 9.98 Å². The summed E-state index contributed by atoms with van der Waals surface area (Å²) in [6.45, 7) is 0.984. The van der Waals surface area contributed by atoms with Gasteiger partial charge >= 0.3 is 0 Å². The van der Waals surface area contributed by atoms with Gasteiger partial charge in [-0.3, -0.25) is 0 Å². The van der Waals surface area contributed by atoms with Crippen LogP contribution in [0.1, 0.15) is 11.1 Å². The van der Waals surface area contributed by atoms with Crippen molar-refractivity contribution in [1.29, 1.82) is 0 Å². The molecule has 0 radical (unpaired) electrons. The Kier molecular flexibility index (Phi) is 8.82. The van der Waals surface area contributed by atoms with Gasteiger partial charge in [-0.2, -0.15) is 0 Å². The summed E-state index contributed by atoms with van der Waals surface area (Å²) < 4.78 is 15.5. The largest absolute Gasteiger partial charge is 0.493 e. The SMILES string of the molecule is COc1ccc(CN=C(N)NCc2ccc(OC)c(OC)c2)cn1.I. The van der Waals surface area contributed by atoms with Gasteiger partial charge in [0.15, 0.2) is 17.5 Å². The van der Waals surface area contributed by atoms with Gasteiger partial charge in [0.2, 0.25) is 5.88 Å². The predicted octanol–water partition coefficient (Wildman–Crippen LogP) is 2.33. The standard InChI is InChI=1S/C17H22N4O3.HI/c1-22-14-6-4-12(8-15(14)23-2)9-20-17(18)21-11-13-5-7-16(24-3)19-10-13;/h4-8,10H,9,11H2,1-3H3,(H3,18,20,21);1H. The molecule has 0 bridgehead atoms. The summed E-state index contributed by atoms with van der Waals surface area (Å²) in [6.07, 6.45) is 1.71. The average molecular weight is 458 g/mol. The number of nitrogens with two attached hydrogens (primary N) is 1. The van der Waals surface area contributed by atoms with E-state index >= 15 is 0 Å². The molecule has 0 saturated heterocycles. The van der Waals surface area contributed by atoms with Crippen LogP contribution in [-0.4, -0.2) is 32.3 Å². The Morgan fingerprint density at radius 1 is 1.04 bits per heavy atom. The molecule has 0 aliphatic carbocycles. The molecule has 7 nitrogen and oxygen atoms in total. The molecule has 8 heteroatoms. The second-order valence-corrected chi connectivity index (χ2v) is 4.95. The number of benzene rings is 1. The molecule has 1 heterocycles. The highest BCUT2D eigenvalue weighted by Crippen LogP contribution is 2.27. The third-order valence-electron chi connectivity index (χ3n) is 3.36. The smallest absolute Gasteiger partial charge is 0.212 e. The summed E-state index contributed by atoms with van der Waals surface area (Å²) in [5.41, 5.74) is 7.85. The molecule has 25 heavy (non-hydrogen) atoms. The van der Waals surface area contributed by atoms with E-state index in [4.69, 9.17) is 19.9 Å². The van der Waals surface area contributed by atoms with Gasteiger partial charge in [0.05, 0.1) is 27.9 Å². The van der Waals surface area contributed by atoms with Crippen LogP contribution in [0.25, 0.3) is 0 Å². The molecule has 2 rings (SSSR count). The Labute approximate surface area is 164 Å². The second kappa shape index (κ2) is 10.6. The number of ether oxygens (including phenoxy) is 3. The molecule has 0 spiro atoms. The fourth-order valence-corrected chi connectivity index (χ4v) is 2.04. The topological polar surface area (TPSA) is 91.0 Å². The van der Waals surface area contributed by atoms with Gasteiger partial charge in [0, 0.05) is 18.8 Å². The maximum atomic E-state index is 5.89. The van der Waals surface area contributed by atoms with E-state index in [0.29, 0.717) is 36.4 Å². The van der Waals surface area contributed by atoms with Gasteiger partial charge in [0.1, 0.15) is 0 Å². The summed E-state index contributed by atoms with van der Waals surface area (Å²) in [4.78, 5) is 8.41. The zero-order chi connectivity index (χ0) is 17.4. The Morgan fingerprint density at radius 3 is 2.36 bits per heavy atom. The second-order valence-electron chi connectivity index (χ2n) is 4.95. The van der Waals surface area contributed by atoms with Crippen LogP contribution in [0, 0.1) is 0 Å². The minimum Gasteiger partial charge on any atom is -0.493 e. The third kappa shape index (κ3) is 6.29. The van der Waals surface area contributed by atoms with Crippen molar-refractivity contribution < 1.29 is 14.2 Å². The number of aromatic nitrogens is 1. The number of methoxy groups -OCH3 is 3. The zero-order valence-corrected chi connectivity index (χ0v) is 16.8. The van der Waals surface area contributed by atoms with Crippen molar-refractivity contribution in [2.45, 2.75) is 13.1 Å². The van der Waals surface area contributed by atoms with Gasteiger partial charge in [-0.1, -0.05) is 12.1 Å². The molecule has 0 fully saturated rings. The van der Waals surface area contributed by atoms with E-state index in [-0.39, 0.29) is 24.0 Å². The zero-order valence-electron chi connectivity index (χ0n) is 14.5. The van der Waals surface area contributed by atoms with Crippen LogP contribution < -0.4 is 25.3 Å². The van der Waals surface area contributed by atoms with Crippen molar-refractivity contribution in [3.05, 3.63) is 47.7 Å². The molecule has 0 aliphatic heterocycles. The molecule has 0 amide bonds. The van der Waals surface area contributed by atoms with Gasteiger partial charge in [-0.05, 0) is 23.3 Å². The highest BCUT2D eigenvalue weighted by atomic mass is 127. The number of nitrogens with zero attached hydrogens (tertiary/aromatic N) is 2. The first-order chi connectivity index (χ1) is 11.7. The quantitative estimate of drug-likeness (QED) is 0.376. The van der Waals surface area contributed by atoms with E-state index in [9.17, 15) is 0 Å². The highest BCUT2D eigenvalue weighted by Gasteiger charge is 2.04. The van der Waals surface area contributed by atoms with Crippen molar-refractivity contribution in [1.82, 2.24) is 10.3 Å². The number of guanidine groups is 1. The number of pyridine rings is 1. The molecule has 0 unspecified atom stereocenters. The molecule has 2 aromatic rings. The molecule has 3 N–H and O–H groups in total. The third-order valence-corrected chi connectivity index (χ3v) is 3.36. The molecular weight excluding hydrogens is 435 g/mol. The number of hydrogen-bond acceptors (Lipinski definition) is 5. The fourth-order valence-electron chi connectivity index (χ4n) is 2.04. The summed E-state index contributed by atoms with van der Waals surface area (Å²) in [7, 11) is 4.79. The lowest BCUT2D eigenvalue weighted by molar-refractivity contribution is 0.354. The number of halogens is 1. The summed E-state index contributed by atoms with van der Waals surface area (Å²) >= 11 is 0. The van der Waals surface area contributed by atoms with Crippen molar-refractivity contribution in [2.75, 3.05) is 21.3 Å². The molecule has 136 valence electrons. The Hall–Kier alpha value is -2.23. The van der Waals surface area contributed by atoms with Gasteiger partial charge in [-0.15, -0.1) is 24.0 Å². The van der Waals surface area contributed by atoms with Crippen LogP contribution in [0.5, 0.6) is 17.4 Å². The number of hydrogen-bond donors (Lipinski definition) is 2. The van der Waals surface area contributed by atoms with Crippen LogP contribution in [0.2, 0.25) is 0 Å². The normalized spacial score (nSPS) is 10.6. The molecule has 0 atom stereocenters. The van der Waals surface area contributed by atoms with E-state index in [0.717, 1.165) is 11.1 Å². The Bertz CT molecular complexity index is 693. The first-order valence-corrected chi connectivity index (χ1v) is 7.40. The van der Waals surface area contributed by atoms with Crippen molar-refractivity contribution in [3.8, 4) is 17.4 Å². The van der Waals surface area contributed by atoms with Crippen LogP contribution in [-0.2, 0) is 13.1 Å². The van der Waals surface area contributed by atoms with E-state index in [1.54, 1.807) is 33.6 Å². The van der Waals surface area contributed by atoms with E-state index in [2.05, 4.69) is 15.3 Å². The number of rotatable bonds is 7. The first-order valence-electron chi connectivity index (χ1n) is 7.40. The monoisotopic (exact) mass is 458 g/mol. The lowest BCUT2D eigenvalue weighted by Gasteiger charge is -2.10. The predicted molar refractivity (Wildman–Crippen MR) is 108 cm³/mol. The Balaban J connectivity index is 0.00000312. The summed E-state index contributed by atoms with van der Waals surface area (Å²) in [5.74, 6) is 2.30. The van der Waals surface area contributed by atoms with E-state index in [1.807, 2.05) is 24.3 Å². The average Bonchev–Trinajstić information content (AvgIpc) is 2.64. The van der Waals surface area contributed by atoms with Crippen molar-refractivity contribution in [2.24, 2.45) is 10.7 Å². The number of nitrogens with one attached hydrogen (secondary N) is 1. The molecule has 0 saturated carbocycles. The van der Waals surface area contributed by atoms with Gasteiger partial charge < -0.3 is 25.3 Å². The fraction of sp³-hybridized carbons (Fsp3) is 0.294. The summed E-state index contributed by atoms with van der Waals surface area (Å²) in [5, 5.41) is 3.07. The Morgan fingerprint density at radius 2 is 1.76 bits per heavy atom. The number of aliphatic imine (C=N–C) groups is 1.